The predicted molar refractivity (Wildman–Crippen MR) is 54.9 cm³/mol. The molecule has 0 unspecified atom stereocenters. The van der Waals surface area contributed by atoms with Gasteiger partial charge in [-0.25, -0.2) is 4.98 Å². The molecule has 0 spiro atoms. The summed E-state index contributed by atoms with van der Waals surface area (Å²) in [5.41, 5.74) is 1.26. The first kappa shape index (κ1) is 7.95. The van der Waals surface area contributed by atoms with Gasteiger partial charge in [0.15, 0.2) is 0 Å². The molecule has 0 saturated carbocycles. The van der Waals surface area contributed by atoms with Crippen molar-refractivity contribution in [3.05, 3.63) is 27.4 Å². The van der Waals surface area contributed by atoms with Crippen molar-refractivity contribution in [2.75, 3.05) is 0 Å². The second-order valence-electron chi connectivity index (χ2n) is 2.72. The highest BCUT2D eigenvalue weighted by atomic mass is 32.1. The van der Waals surface area contributed by atoms with Crippen molar-refractivity contribution in [1.29, 1.82) is 0 Å². The van der Waals surface area contributed by atoms with Gasteiger partial charge < -0.3 is 0 Å². The number of thiophene rings is 1. The van der Waals surface area contributed by atoms with Crippen LogP contribution in [-0.2, 0) is 0 Å². The normalized spacial score (nSPS) is 10.5. The first-order valence-electron chi connectivity index (χ1n) is 3.73. The van der Waals surface area contributed by atoms with E-state index in [1.807, 2.05) is 6.20 Å². The van der Waals surface area contributed by atoms with Gasteiger partial charge in [-0.05, 0) is 19.9 Å². The second kappa shape index (κ2) is 2.99. The number of hydrogen-bond acceptors (Lipinski definition) is 3. The summed E-state index contributed by atoms with van der Waals surface area (Å²) < 4.78 is 0. The first-order valence-corrected chi connectivity index (χ1v) is 5.43. The molecule has 0 fully saturated rings. The van der Waals surface area contributed by atoms with E-state index in [4.69, 9.17) is 0 Å². The average Bonchev–Trinajstić information content (AvgIpc) is 2.58. The maximum atomic E-state index is 4.32. The van der Waals surface area contributed by atoms with Crippen LogP contribution in [0, 0.1) is 13.8 Å². The molecule has 0 radical (unpaired) electrons. The SMILES string of the molecule is Cc1cc(-c2ncc(C)s2)cs1. The average molecular weight is 195 g/mol. The molecular formula is C9H9NS2. The zero-order chi connectivity index (χ0) is 8.55. The van der Waals surface area contributed by atoms with Crippen LogP contribution < -0.4 is 0 Å². The Morgan fingerprint density at radius 1 is 1.25 bits per heavy atom. The predicted octanol–water partition coefficient (Wildman–Crippen LogP) is 3.49. The lowest BCUT2D eigenvalue weighted by Gasteiger charge is -1.85. The molecule has 1 nitrogen and oxygen atoms in total. The zero-order valence-electron chi connectivity index (χ0n) is 7.00. The largest absolute Gasteiger partial charge is 0.244 e. The highest BCUT2D eigenvalue weighted by Gasteiger charge is 2.03. The molecule has 3 heteroatoms. The standard InChI is InChI=1S/C9H9NS2/c1-6-3-8(5-11-6)9-10-4-7(2)12-9/h3-5H,1-2H3. The van der Waals surface area contributed by atoms with Crippen LogP contribution in [0.3, 0.4) is 0 Å². The van der Waals surface area contributed by atoms with Crippen molar-refractivity contribution in [2.45, 2.75) is 13.8 Å². The Labute approximate surface area is 79.7 Å². The number of thiazole rings is 1. The van der Waals surface area contributed by atoms with Crippen molar-refractivity contribution in [3.63, 3.8) is 0 Å². The van der Waals surface area contributed by atoms with Crippen molar-refractivity contribution in [1.82, 2.24) is 4.98 Å². The molecule has 0 saturated heterocycles. The minimum atomic E-state index is 1.14. The van der Waals surface area contributed by atoms with E-state index in [0.717, 1.165) is 5.01 Å². The van der Waals surface area contributed by atoms with E-state index in [9.17, 15) is 0 Å². The summed E-state index contributed by atoms with van der Waals surface area (Å²) in [4.78, 5) is 6.94. The second-order valence-corrected chi connectivity index (χ2v) is 5.07. The number of nitrogens with zero attached hydrogens (tertiary/aromatic N) is 1. The number of aryl methyl sites for hydroxylation is 2. The third kappa shape index (κ3) is 1.42. The highest BCUT2D eigenvalue weighted by Crippen LogP contribution is 2.28. The lowest BCUT2D eigenvalue weighted by Crippen LogP contribution is -1.66. The molecule has 2 rings (SSSR count). The van der Waals surface area contributed by atoms with Crippen LogP contribution in [0.1, 0.15) is 9.75 Å². The summed E-state index contributed by atoms with van der Waals surface area (Å²) in [5, 5.41) is 3.30. The van der Waals surface area contributed by atoms with Gasteiger partial charge in [-0.2, -0.15) is 0 Å². The van der Waals surface area contributed by atoms with Gasteiger partial charge in [-0.3, -0.25) is 0 Å². The van der Waals surface area contributed by atoms with Gasteiger partial charge in [-0.15, -0.1) is 22.7 Å². The Hall–Kier alpha value is -0.670. The number of aromatic nitrogens is 1. The topological polar surface area (TPSA) is 12.9 Å². The highest BCUT2D eigenvalue weighted by molar-refractivity contribution is 7.15. The van der Waals surface area contributed by atoms with Crippen LogP contribution in [0.15, 0.2) is 17.6 Å². The molecule has 0 aliphatic heterocycles. The fourth-order valence-electron chi connectivity index (χ4n) is 1.04. The van der Waals surface area contributed by atoms with Crippen molar-refractivity contribution < 1.29 is 0 Å². The quantitative estimate of drug-likeness (QED) is 0.678. The Bertz CT molecular complexity index is 348. The Balaban J connectivity index is 2.43. The van der Waals surface area contributed by atoms with Crippen LogP contribution in [-0.4, -0.2) is 4.98 Å². The monoisotopic (exact) mass is 195 g/mol. The van der Waals surface area contributed by atoms with Crippen LogP contribution in [0.2, 0.25) is 0 Å². The van der Waals surface area contributed by atoms with Gasteiger partial charge >= 0.3 is 0 Å². The van der Waals surface area contributed by atoms with E-state index in [1.54, 1.807) is 22.7 Å². The van der Waals surface area contributed by atoms with Gasteiger partial charge in [0.2, 0.25) is 0 Å². The summed E-state index contributed by atoms with van der Waals surface area (Å²) >= 11 is 3.52. The van der Waals surface area contributed by atoms with E-state index in [1.165, 1.54) is 15.3 Å². The van der Waals surface area contributed by atoms with Crippen molar-refractivity contribution in [2.24, 2.45) is 0 Å². The minimum Gasteiger partial charge on any atom is -0.244 e. The molecule has 0 aliphatic carbocycles. The lowest BCUT2D eigenvalue weighted by atomic mass is 10.3. The summed E-state index contributed by atoms with van der Waals surface area (Å²) in [6.07, 6.45) is 1.92. The van der Waals surface area contributed by atoms with E-state index in [0.29, 0.717) is 0 Å². The molecule has 2 aromatic rings. The first-order chi connectivity index (χ1) is 5.75. The van der Waals surface area contributed by atoms with Crippen molar-refractivity contribution in [3.8, 4) is 10.6 Å². The van der Waals surface area contributed by atoms with E-state index in [2.05, 4.69) is 30.3 Å². The molecule has 2 heterocycles. The van der Waals surface area contributed by atoms with Crippen LogP contribution >= 0.6 is 22.7 Å². The van der Waals surface area contributed by atoms with E-state index < -0.39 is 0 Å². The number of rotatable bonds is 1. The molecule has 62 valence electrons. The molecule has 0 atom stereocenters. The minimum absolute atomic E-state index is 1.14. The van der Waals surface area contributed by atoms with Gasteiger partial charge in [0.25, 0.3) is 0 Å². The van der Waals surface area contributed by atoms with E-state index in [-0.39, 0.29) is 0 Å². The third-order valence-electron chi connectivity index (χ3n) is 1.60. The lowest BCUT2D eigenvalue weighted by molar-refractivity contribution is 1.38. The fourth-order valence-corrected chi connectivity index (χ4v) is 2.56. The Kier molecular flexibility index (Phi) is 1.98. The summed E-state index contributed by atoms with van der Waals surface area (Å²) in [7, 11) is 0. The van der Waals surface area contributed by atoms with Crippen molar-refractivity contribution >= 4 is 22.7 Å². The molecule has 0 amide bonds. The van der Waals surface area contributed by atoms with Gasteiger partial charge in [-0.1, -0.05) is 0 Å². The fraction of sp³-hybridized carbons (Fsp3) is 0.222. The third-order valence-corrected chi connectivity index (χ3v) is 3.42. The molecular weight excluding hydrogens is 186 g/mol. The van der Waals surface area contributed by atoms with Gasteiger partial charge in [0, 0.05) is 26.9 Å². The van der Waals surface area contributed by atoms with Crippen LogP contribution in [0.4, 0.5) is 0 Å². The van der Waals surface area contributed by atoms with Crippen LogP contribution in [0.5, 0.6) is 0 Å². The molecule has 2 aromatic heterocycles. The summed E-state index contributed by atoms with van der Waals surface area (Å²) in [6, 6.07) is 2.18. The molecule has 0 aromatic carbocycles. The number of hydrogen-bond donors (Lipinski definition) is 0. The van der Waals surface area contributed by atoms with Crippen LogP contribution in [0.25, 0.3) is 10.6 Å². The molecule has 0 aliphatic rings. The molecule has 0 N–H and O–H groups in total. The Morgan fingerprint density at radius 2 is 2.08 bits per heavy atom. The maximum Gasteiger partial charge on any atom is 0.124 e. The smallest absolute Gasteiger partial charge is 0.124 e. The summed E-state index contributed by atoms with van der Waals surface area (Å²) in [6.45, 7) is 4.20. The van der Waals surface area contributed by atoms with Gasteiger partial charge in [0.1, 0.15) is 5.01 Å². The Morgan fingerprint density at radius 3 is 2.58 bits per heavy atom. The van der Waals surface area contributed by atoms with Gasteiger partial charge in [0.05, 0.1) is 0 Å². The summed E-state index contributed by atoms with van der Waals surface area (Å²) in [5.74, 6) is 0. The zero-order valence-corrected chi connectivity index (χ0v) is 8.63. The molecule has 0 bridgehead atoms. The van der Waals surface area contributed by atoms with E-state index >= 15 is 0 Å². The maximum absolute atomic E-state index is 4.32. The molecule has 12 heavy (non-hydrogen) atoms.